The molecule has 0 spiro atoms. The first-order valence-electron chi connectivity index (χ1n) is 8.82. The van der Waals surface area contributed by atoms with Gasteiger partial charge in [0, 0.05) is 35.6 Å². The first kappa shape index (κ1) is 19.3. The lowest BCUT2D eigenvalue weighted by atomic mass is 10.1. The third-order valence-corrected chi connectivity index (χ3v) is 3.75. The second kappa shape index (κ2) is 10.8. The molecule has 0 atom stereocenters. The number of unbranched alkanes of at least 4 members (excludes halogenated alkanes) is 3. The van der Waals surface area contributed by atoms with Gasteiger partial charge in [-0.2, -0.15) is 5.10 Å². The number of amides is 2. The smallest absolute Gasteiger partial charge is 0.271 e. The number of nitrogens with one attached hydrogen (secondary N) is 2. The Morgan fingerprint density at radius 2 is 1.92 bits per heavy atom. The van der Waals surface area contributed by atoms with Crippen LogP contribution in [-0.2, 0) is 4.79 Å². The minimum absolute atomic E-state index is 0.000579. The van der Waals surface area contributed by atoms with Crippen molar-refractivity contribution in [1.82, 2.24) is 10.4 Å². The molecule has 0 bridgehead atoms. The number of carbonyl (C=O) groups excluding carboxylic acids is 2. The van der Waals surface area contributed by atoms with Gasteiger partial charge in [-0.25, -0.2) is 5.43 Å². The average Bonchev–Trinajstić information content (AvgIpc) is 2.66. The summed E-state index contributed by atoms with van der Waals surface area (Å²) in [6, 6.07) is 10.4. The highest BCUT2D eigenvalue weighted by atomic mass is 16.2. The number of rotatable bonds is 9. The molecule has 6 heteroatoms. The third-order valence-electron chi connectivity index (χ3n) is 3.75. The molecule has 1 aromatic heterocycles. The molecule has 26 heavy (non-hydrogen) atoms. The van der Waals surface area contributed by atoms with Crippen LogP contribution in [0.25, 0.3) is 0 Å². The van der Waals surface area contributed by atoms with Crippen LogP contribution in [0.2, 0.25) is 0 Å². The Bertz CT molecular complexity index is 727. The Morgan fingerprint density at radius 1 is 1.12 bits per heavy atom. The lowest BCUT2D eigenvalue weighted by Gasteiger charge is -2.06. The number of benzene rings is 1. The minimum Gasteiger partial charge on any atom is -0.326 e. The van der Waals surface area contributed by atoms with Crippen LogP contribution in [0.4, 0.5) is 5.69 Å². The summed E-state index contributed by atoms with van der Waals surface area (Å²) in [5, 5.41) is 6.75. The van der Waals surface area contributed by atoms with Gasteiger partial charge in [-0.05, 0) is 36.8 Å². The van der Waals surface area contributed by atoms with E-state index in [-0.39, 0.29) is 11.8 Å². The van der Waals surface area contributed by atoms with Crippen LogP contribution in [0.15, 0.2) is 53.9 Å². The Hall–Kier alpha value is -3.02. The van der Waals surface area contributed by atoms with Gasteiger partial charge in [0.1, 0.15) is 0 Å². The summed E-state index contributed by atoms with van der Waals surface area (Å²) in [5.41, 5.74) is 4.41. The zero-order valence-corrected chi connectivity index (χ0v) is 14.9. The molecule has 2 aromatic rings. The fraction of sp³-hybridized carbons (Fsp3) is 0.300. The van der Waals surface area contributed by atoms with Crippen LogP contribution in [0.1, 0.15) is 54.9 Å². The van der Waals surface area contributed by atoms with E-state index in [4.69, 9.17) is 0 Å². The third kappa shape index (κ3) is 6.84. The van der Waals surface area contributed by atoms with Crippen LogP contribution < -0.4 is 10.7 Å². The van der Waals surface area contributed by atoms with Gasteiger partial charge in [0.15, 0.2) is 0 Å². The Morgan fingerprint density at radius 3 is 2.62 bits per heavy atom. The van der Waals surface area contributed by atoms with Gasteiger partial charge >= 0.3 is 0 Å². The molecule has 2 amide bonds. The van der Waals surface area contributed by atoms with Crippen molar-refractivity contribution in [3.8, 4) is 0 Å². The molecule has 0 unspecified atom stereocenters. The largest absolute Gasteiger partial charge is 0.326 e. The first-order chi connectivity index (χ1) is 12.7. The maximum absolute atomic E-state index is 12.0. The minimum atomic E-state index is -0.317. The van der Waals surface area contributed by atoms with Crippen molar-refractivity contribution in [3.63, 3.8) is 0 Å². The number of hydrogen-bond donors (Lipinski definition) is 2. The molecule has 0 aliphatic rings. The number of hydrazone groups is 1. The fourth-order valence-electron chi connectivity index (χ4n) is 2.32. The summed E-state index contributed by atoms with van der Waals surface area (Å²) < 4.78 is 0. The SMILES string of the molecule is CCCCCCC(=O)Nc1ccc(C(=O)N/N=C\c2cccnc2)cc1. The molecule has 0 aliphatic heterocycles. The van der Waals surface area contributed by atoms with E-state index in [9.17, 15) is 9.59 Å². The Labute approximate surface area is 153 Å². The van der Waals surface area contributed by atoms with E-state index < -0.39 is 0 Å². The number of anilines is 1. The highest BCUT2D eigenvalue weighted by molar-refractivity contribution is 5.96. The van der Waals surface area contributed by atoms with Crippen molar-refractivity contribution < 1.29 is 9.59 Å². The molecular weight excluding hydrogens is 328 g/mol. The summed E-state index contributed by atoms with van der Waals surface area (Å²) in [4.78, 5) is 27.9. The molecule has 0 aliphatic carbocycles. The van der Waals surface area contributed by atoms with Crippen molar-refractivity contribution in [3.05, 3.63) is 59.9 Å². The molecule has 0 fully saturated rings. The van der Waals surface area contributed by atoms with Crippen LogP contribution in [-0.4, -0.2) is 23.0 Å². The standard InChI is InChI=1S/C20H24N4O2/c1-2-3-4-5-8-19(25)23-18-11-9-17(10-12-18)20(26)24-22-15-16-7-6-13-21-14-16/h6-7,9-15H,2-5,8H2,1H3,(H,23,25)(H,24,26)/b22-15-. The van der Waals surface area contributed by atoms with E-state index in [1.54, 1.807) is 42.7 Å². The van der Waals surface area contributed by atoms with Crippen molar-refractivity contribution in [2.45, 2.75) is 39.0 Å². The average molecular weight is 352 g/mol. The number of nitrogens with zero attached hydrogens (tertiary/aromatic N) is 2. The topological polar surface area (TPSA) is 83.5 Å². The lowest BCUT2D eigenvalue weighted by Crippen LogP contribution is -2.17. The number of pyridine rings is 1. The van der Waals surface area contributed by atoms with E-state index in [2.05, 4.69) is 27.8 Å². The number of aromatic nitrogens is 1. The molecule has 2 N–H and O–H groups in total. The predicted octanol–water partition coefficient (Wildman–Crippen LogP) is 3.75. The fourth-order valence-corrected chi connectivity index (χ4v) is 2.32. The van der Waals surface area contributed by atoms with E-state index in [0.29, 0.717) is 17.7 Å². The van der Waals surface area contributed by atoms with Gasteiger partial charge in [0.2, 0.25) is 5.91 Å². The first-order valence-corrected chi connectivity index (χ1v) is 8.82. The van der Waals surface area contributed by atoms with Gasteiger partial charge in [0.25, 0.3) is 5.91 Å². The van der Waals surface area contributed by atoms with Crippen molar-refractivity contribution in [1.29, 1.82) is 0 Å². The van der Waals surface area contributed by atoms with E-state index in [1.807, 2.05) is 6.07 Å². The molecule has 0 saturated heterocycles. The van der Waals surface area contributed by atoms with E-state index in [1.165, 1.54) is 6.21 Å². The second-order valence-corrected chi connectivity index (χ2v) is 5.92. The zero-order valence-electron chi connectivity index (χ0n) is 14.9. The van der Waals surface area contributed by atoms with Crippen molar-refractivity contribution >= 4 is 23.7 Å². The summed E-state index contributed by atoms with van der Waals surface area (Å²) >= 11 is 0. The van der Waals surface area contributed by atoms with Crippen LogP contribution in [0.5, 0.6) is 0 Å². The highest BCUT2D eigenvalue weighted by Crippen LogP contribution is 2.11. The Balaban J connectivity index is 1.79. The molecule has 0 radical (unpaired) electrons. The van der Waals surface area contributed by atoms with Crippen molar-refractivity contribution in [2.24, 2.45) is 5.10 Å². The zero-order chi connectivity index (χ0) is 18.6. The molecule has 0 saturated carbocycles. The summed E-state index contributed by atoms with van der Waals surface area (Å²) in [5.74, 6) is -0.318. The lowest BCUT2D eigenvalue weighted by molar-refractivity contribution is -0.116. The van der Waals surface area contributed by atoms with E-state index >= 15 is 0 Å². The molecule has 136 valence electrons. The van der Waals surface area contributed by atoms with Gasteiger partial charge < -0.3 is 5.32 Å². The quantitative estimate of drug-likeness (QED) is 0.409. The van der Waals surface area contributed by atoms with Gasteiger partial charge in [-0.15, -0.1) is 0 Å². The Kier molecular flexibility index (Phi) is 7.99. The summed E-state index contributed by atoms with van der Waals surface area (Å²) in [6.45, 7) is 2.14. The van der Waals surface area contributed by atoms with Gasteiger partial charge in [-0.1, -0.05) is 32.3 Å². The monoisotopic (exact) mass is 352 g/mol. The number of carbonyl (C=O) groups is 2. The molecule has 2 rings (SSSR count). The molecule has 6 nitrogen and oxygen atoms in total. The molecular formula is C20H24N4O2. The second-order valence-electron chi connectivity index (χ2n) is 5.92. The van der Waals surface area contributed by atoms with Crippen LogP contribution >= 0.6 is 0 Å². The van der Waals surface area contributed by atoms with Crippen LogP contribution in [0.3, 0.4) is 0 Å². The summed E-state index contributed by atoms with van der Waals surface area (Å²) in [6.07, 6.45) is 9.63. The van der Waals surface area contributed by atoms with Gasteiger partial charge in [-0.3, -0.25) is 14.6 Å². The van der Waals surface area contributed by atoms with E-state index in [0.717, 1.165) is 31.2 Å². The maximum atomic E-state index is 12.0. The highest BCUT2D eigenvalue weighted by Gasteiger charge is 2.06. The van der Waals surface area contributed by atoms with Crippen LogP contribution in [0, 0.1) is 0 Å². The van der Waals surface area contributed by atoms with Gasteiger partial charge in [0.05, 0.1) is 6.21 Å². The molecule has 1 aromatic carbocycles. The molecule has 1 heterocycles. The predicted molar refractivity (Wildman–Crippen MR) is 103 cm³/mol. The van der Waals surface area contributed by atoms with Crippen molar-refractivity contribution in [2.75, 3.05) is 5.32 Å². The maximum Gasteiger partial charge on any atom is 0.271 e. The number of hydrogen-bond acceptors (Lipinski definition) is 4. The summed E-state index contributed by atoms with van der Waals surface area (Å²) in [7, 11) is 0. The normalized spacial score (nSPS) is 10.7.